The molecular formula is C12H23NS. The fourth-order valence-corrected chi connectivity index (χ4v) is 4.13. The zero-order chi connectivity index (χ0) is 9.64. The van der Waals surface area contributed by atoms with E-state index >= 15 is 0 Å². The Morgan fingerprint density at radius 3 is 2.64 bits per heavy atom. The molecule has 2 rings (SSSR count). The molecule has 0 aromatic rings. The minimum Gasteiger partial charge on any atom is -0.317 e. The normalized spacial score (nSPS) is 30.4. The maximum atomic E-state index is 3.50. The van der Waals surface area contributed by atoms with E-state index in [9.17, 15) is 0 Å². The molecule has 2 fully saturated rings. The van der Waals surface area contributed by atoms with E-state index in [1.54, 1.807) is 0 Å². The highest BCUT2D eigenvalue weighted by Crippen LogP contribution is 2.32. The summed E-state index contributed by atoms with van der Waals surface area (Å²) in [6.45, 7) is 2.51. The zero-order valence-electron chi connectivity index (χ0n) is 9.13. The highest BCUT2D eigenvalue weighted by Gasteiger charge is 2.18. The van der Waals surface area contributed by atoms with Crippen molar-refractivity contribution in [3.8, 4) is 0 Å². The van der Waals surface area contributed by atoms with Crippen LogP contribution >= 0.6 is 11.8 Å². The third-order valence-electron chi connectivity index (χ3n) is 3.57. The van der Waals surface area contributed by atoms with Gasteiger partial charge in [0, 0.05) is 5.25 Å². The molecule has 0 radical (unpaired) electrons. The zero-order valence-corrected chi connectivity index (χ0v) is 9.95. The van der Waals surface area contributed by atoms with Crippen molar-refractivity contribution in [3.63, 3.8) is 0 Å². The van der Waals surface area contributed by atoms with Crippen molar-refractivity contribution in [3.05, 3.63) is 0 Å². The van der Waals surface area contributed by atoms with Crippen LogP contribution in [-0.4, -0.2) is 24.1 Å². The average molecular weight is 213 g/mol. The van der Waals surface area contributed by atoms with Crippen molar-refractivity contribution >= 4 is 11.8 Å². The van der Waals surface area contributed by atoms with E-state index in [1.165, 1.54) is 63.8 Å². The lowest BCUT2D eigenvalue weighted by atomic mass is 10.0. The quantitative estimate of drug-likeness (QED) is 0.773. The highest BCUT2D eigenvalue weighted by atomic mass is 32.2. The summed E-state index contributed by atoms with van der Waals surface area (Å²) in [6.07, 6.45) is 10.3. The Bertz CT molecular complexity index is 146. The Labute approximate surface area is 92.4 Å². The lowest BCUT2D eigenvalue weighted by Crippen LogP contribution is -2.14. The predicted octanol–water partition coefficient (Wildman–Crippen LogP) is 3.05. The summed E-state index contributed by atoms with van der Waals surface area (Å²) in [5, 5.41) is 4.52. The molecule has 0 aromatic carbocycles. The summed E-state index contributed by atoms with van der Waals surface area (Å²) >= 11 is 2.27. The first-order valence-corrected chi connectivity index (χ1v) is 7.32. The highest BCUT2D eigenvalue weighted by molar-refractivity contribution is 7.99. The Kier molecular flexibility index (Phi) is 4.65. The molecule has 14 heavy (non-hydrogen) atoms. The number of hydrogen-bond donors (Lipinski definition) is 1. The van der Waals surface area contributed by atoms with Gasteiger partial charge >= 0.3 is 0 Å². The van der Waals surface area contributed by atoms with E-state index in [0.29, 0.717) is 0 Å². The second-order valence-electron chi connectivity index (χ2n) is 4.79. The van der Waals surface area contributed by atoms with Gasteiger partial charge in [-0.2, -0.15) is 11.8 Å². The number of hydrogen-bond acceptors (Lipinski definition) is 2. The van der Waals surface area contributed by atoms with Gasteiger partial charge in [0.2, 0.25) is 0 Å². The standard InChI is InChI=1S/C12H23NS/c1-2-6-12(5-1)14-10-11-4-3-8-13-9-7-11/h11-13H,1-10H2. The molecule has 0 amide bonds. The minimum atomic E-state index is 1.01. The fraction of sp³-hybridized carbons (Fsp3) is 1.00. The van der Waals surface area contributed by atoms with E-state index in [2.05, 4.69) is 17.1 Å². The Morgan fingerprint density at radius 1 is 0.929 bits per heavy atom. The summed E-state index contributed by atoms with van der Waals surface area (Å²) in [7, 11) is 0. The molecule has 1 saturated carbocycles. The van der Waals surface area contributed by atoms with Crippen molar-refractivity contribution in [2.75, 3.05) is 18.8 Å². The Morgan fingerprint density at radius 2 is 1.79 bits per heavy atom. The fourth-order valence-electron chi connectivity index (χ4n) is 2.59. The van der Waals surface area contributed by atoms with E-state index in [0.717, 1.165) is 11.2 Å². The van der Waals surface area contributed by atoms with Gasteiger partial charge in [-0.15, -0.1) is 0 Å². The topological polar surface area (TPSA) is 12.0 Å². The molecule has 1 N–H and O–H groups in total. The molecule has 0 spiro atoms. The molecule has 2 heteroatoms. The van der Waals surface area contributed by atoms with Crippen LogP contribution < -0.4 is 5.32 Å². The van der Waals surface area contributed by atoms with Gasteiger partial charge in [0.25, 0.3) is 0 Å². The van der Waals surface area contributed by atoms with Crippen molar-refractivity contribution in [2.45, 2.75) is 50.2 Å². The molecule has 1 saturated heterocycles. The van der Waals surface area contributed by atoms with Crippen molar-refractivity contribution in [1.82, 2.24) is 5.32 Å². The lowest BCUT2D eigenvalue weighted by molar-refractivity contribution is 0.527. The third kappa shape index (κ3) is 3.47. The van der Waals surface area contributed by atoms with Crippen LogP contribution in [0.3, 0.4) is 0 Å². The molecule has 0 bridgehead atoms. The lowest BCUT2D eigenvalue weighted by Gasteiger charge is -2.15. The van der Waals surface area contributed by atoms with Crippen molar-refractivity contribution in [2.24, 2.45) is 5.92 Å². The second-order valence-corrected chi connectivity index (χ2v) is 6.12. The van der Waals surface area contributed by atoms with Crippen LogP contribution in [0.25, 0.3) is 0 Å². The van der Waals surface area contributed by atoms with Crippen LogP contribution in [0.1, 0.15) is 44.9 Å². The predicted molar refractivity (Wildman–Crippen MR) is 64.9 cm³/mol. The van der Waals surface area contributed by atoms with Crippen molar-refractivity contribution in [1.29, 1.82) is 0 Å². The van der Waals surface area contributed by atoms with Gasteiger partial charge in [0.1, 0.15) is 0 Å². The molecule has 1 aliphatic carbocycles. The molecule has 82 valence electrons. The molecule has 1 aliphatic heterocycles. The van der Waals surface area contributed by atoms with E-state index in [-0.39, 0.29) is 0 Å². The summed E-state index contributed by atoms with van der Waals surface area (Å²) < 4.78 is 0. The molecule has 1 heterocycles. The maximum absolute atomic E-state index is 3.50. The molecule has 0 aromatic heterocycles. The van der Waals surface area contributed by atoms with Crippen LogP contribution in [0.5, 0.6) is 0 Å². The first-order valence-electron chi connectivity index (χ1n) is 6.27. The van der Waals surface area contributed by atoms with E-state index < -0.39 is 0 Å². The average Bonchev–Trinajstić information content (AvgIpc) is 2.58. The summed E-state index contributed by atoms with van der Waals surface area (Å²) in [5.74, 6) is 2.45. The van der Waals surface area contributed by atoms with Crippen LogP contribution in [0.2, 0.25) is 0 Å². The van der Waals surface area contributed by atoms with Crippen LogP contribution in [0.15, 0.2) is 0 Å². The smallest absolute Gasteiger partial charge is 0.00471 e. The minimum absolute atomic E-state index is 1.01. The number of thioether (sulfide) groups is 1. The van der Waals surface area contributed by atoms with E-state index in [4.69, 9.17) is 0 Å². The first-order chi connectivity index (χ1) is 6.95. The monoisotopic (exact) mass is 213 g/mol. The van der Waals surface area contributed by atoms with Gasteiger partial charge in [0.05, 0.1) is 0 Å². The van der Waals surface area contributed by atoms with Gasteiger partial charge in [-0.3, -0.25) is 0 Å². The number of rotatable bonds is 3. The summed E-state index contributed by atoms with van der Waals surface area (Å²) in [5.41, 5.74) is 0. The van der Waals surface area contributed by atoms with Gasteiger partial charge in [-0.1, -0.05) is 12.8 Å². The van der Waals surface area contributed by atoms with Gasteiger partial charge in [0.15, 0.2) is 0 Å². The van der Waals surface area contributed by atoms with Crippen LogP contribution in [0.4, 0.5) is 0 Å². The molecule has 1 unspecified atom stereocenters. The third-order valence-corrected chi connectivity index (χ3v) is 5.17. The Hall–Kier alpha value is 0.310. The molecule has 1 nitrogen and oxygen atoms in total. The van der Waals surface area contributed by atoms with Crippen molar-refractivity contribution < 1.29 is 0 Å². The largest absolute Gasteiger partial charge is 0.317 e. The van der Waals surface area contributed by atoms with Gasteiger partial charge in [-0.25, -0.2) is 0 Å². The summed E-state index contributed by atoms with van der Waals surface area (Å²) in [6, 6.07) is 0. The first kappa shape index (κ1) is 10.8. The molecule has 2 aliphatic rings. The summed E-state index contributed by atoms with van der Waals surface area (Å²) in [4.78, 5) is 0. The SMILES string of the molecule is C1CNCCC(CSC2CCCC2)C1. The van der Waals surface area contributed by atoms with Crippen LogP contribution in [-0.2, 0) is 0 Å². The Balaban J connectivity index is 1.62. The van der Waals surface area contributed by atoms with Gasteiger partial charge in [-0.05, 0) is 56.9 Å². The molecular weight excluding hydrogens is 190 g/mol. The molecule has 1 atom stereocenters. The van der Waals surface area contributed by atoms with E-state index in [1.807, 2.05) is 0 Å². The number of nitrogens with one attached hydrogen (secondary N) is 1. The van der Waals surface area contributed by atoms with Gasteiger partial charge < -0.3 is 5.32 Å². The second kappa shape index (κ2) is 6.02. The maximum Gasteiger partial charge on any atom is 0.00471 e. The van der Waals surface area contributed by atoms with Crippen LogP contribution in [0, 0.1) is 5.92 Å².